The number of nitrogens with zero attached hydrogens (tertiary/aromatic N) is 1. The molecule has 0 radical (unpaired) electrons. The number of aliphatic carboxylic acids is 1. The molecule has 0 spiro atoms. The van der Waals surface area contributed by atoms with Gasteiger partial charge in [0.2, 0.25) is 11.8 Å². The summed E-state index contributed by atoms with van der Waals surface area (Å²) in [4.78, 5) is 36.1. The summed E-state index contributed by atoms with van der Waals surface area (Å²) in [6, 6.07) is 0.264. The first-order valence-electron chi connectivity index (χ1n) is 6.52. The second-order valence-electron chi connectivity index (χ2n) is 6.15. The number of hydrogen-bond donors (Lipinski definition) is 2. The summed E-state index contributed by atoms with van der Waals surface area (Å²) in [6.45, 7) is 3.53. The van der Waals surface area contributed by atoms with Crippen molar-refractivity contribution in [1.29, 1.82) is 0 Å². The number of carbonyl (C=O) groups is 3. The maximum atomic E-state index is 12.2. The summed E-state index contributed by atoms with van der Waals surface area (Å²) in [5.41, 5.74) is -0.524. The van der Waals surface area contributed by atoms with Crippen LogP contribution < -0.4 is 5.32 Å². The zero-order chi connectivity index (χ0) is 14.4. The van der Waals surface area contributed by atoms with E-state index < -0.39 is 23.2 Å². The molecule has 0 aliphatic heterocycles. The van der Waals surface area contributed by atoms with E-state index >= 15 is 0 Å². The van der Waals surface area contributed by atoms with Crippen LogP contribution in [0.25, 0.3) is 0 Å². The molecule has 6 nitrogen and oxygen atoms in total. The molecule has 106 valence electrons. The lowest BCUT2D eigenvalue weighted by Crippen LogP contribution is -2.40. The quantitative estimate of drug-likeness (QED) is 0.739. The molecule has 0 aromatic heterocycles. The SMILES string of the molecule is CN(CC(=O)NC1CC1)C(=O)C1C(C(=O)O)C1(C)C. The van der Waals surface area contributed by atoms with E-state index in [0.717, 1.165) is 12.8 Å². The molecule has 0 aromatic rings. The molecular formula is C13H20N2O4. The molecule has 2 unspecified atom stereocenters. The standard InChI is InChI=1S/C13H20N2O4/c1-13(2)9(10(13)12(18)19)11(17)15(3)6-8(16)14-7-4-5-7/h7,9-10H,4-6H2,1-3H3,(H,14,16)(H,18,19). The minimum Gasteiger partial charge on any atom is -0.481 e. The first-order chi connectivity index (χ1) is 8.75. The Morgan fingerprint density at radius 2 is 1.84 bits per heavy atom. The Morgan fingerprint density at radius 1 is 1.26 bits per heavy atom. The number of hydrogen-bond acceptors (Lipinski definition) is 3. The van der Waals surface area contributed by atoms with Crippen molar-refractivity contribution in [3.05, 3.63) is 0 Å². The molecule has 0 saturated heterocycles. The Labute approximate surface area is 112 Å². The molecule has 0 heterocycles. The summed E-state index contributed by atoms with van der Waals surface area (Å²) in [5.74, 6) is -2.55. The van der Waals surface area contributed by atoms with Gasteiger partial charge in [0.15, 0.2) is 0 Å². The Balaban J connectivity index is 1.89. The number of nitrogens with one attached hydrogen (secondary N) is 1. The van der Waals surface area contributed by atoms with Gasteiger partial charge < -0.3 is 15.3 Å². The average Bonchev–Trinajstić information content (AvgIpc) is 3.14. The molecule has 2 N–H and O–H groups in total. The van der Waals surface area contributed by atoms with E-state index in [-0.39, 0.29) is 24.4 Å². The highest BCUT2D eigenvalue weighted by Gasteiger charge is 2.66. The van der Waals surface area contributed by atoms with Crippen LogP contribution in [0.1, 0.15) is 26.7 Å². The van der Waals surface area contributed by atoms with Crippen molar-refractivity contribution in [1.82, 2.24) is 10.2 Å². The fourth-order valence-electron chi connectivity index (χ4n) is 2.59. The number of carboxylic acids is 1. The van der Waals surface area contributed by atoms with Gasteiger partial charge in [-0.2, -0.15) is 0 Å². The summed E-state index contributed by atoms with van der Waals surface area (Å²) < 4.78 is 0. The van der Waals surface area contributed by atoms with Crippen LogP contribution in [0.3, 0.4) is 0 Å². The van der Waals surface area contributed by atoms with Gasteiger partial charge in [0.1, 0.15) is 0 Å². The average molecular weight is 268 g/mol. The predicted molar refractivity (Wildman–Crippen MR) is 67.2 cm³/mol. The van der Waals surface area contributed by atoms with E-state index in [2.05, 4.69) is 5.32 Å². The molecular weight excluding hydrogens is 248 g/mol. The summed E-state index contributed by atoms with van der Waals surface area (Å²) in [6.07, 6.45) is 2.00. The molecule has 0 aromatic carbocycles. The first-order valence-corrected chi connectivity index (χ1v) is 6.52. The molecule has 2 rings (SSSR count). The molecule has 2 saturated carbocycles. The third-order valence-corrected chi connectivity index (χ3v) is 4.06. The van der Waals surface area contributed by atoms with Crippen molar-refractivity contribution in [3.8, 4) is 0 Å². The van der Waals surface area contributed by atoms with Crippen LogP contribution in [-0.2, 0) is 14.4 Å². The zero-order valence-corrected chi connectivity index (χ0v) is 11.5. The number of likely N-dealkylation sites (N-methyl/N-ethyl adjacent to an activating group) is 1. The molecule has 2 atom stereocenters. The van der Waals surface area contributed by atoms with Gasteiger partial charge in [0.05, 0.1) is 18.4 Å². The van der Waals surface area contributed by atoms with Gasteiger partial charge in [-0.1, -0.05) is 13.8 Å². The topological polar surface area (TPSA) is 86.7 Å². The minimum absolute atomic E-state index is 0.00570. The Morgan fingerprint density at radius 3 is 2.26 bits per heavy atom. The molecule has 6 heteroatoms. The Kier molecular flexibility index (Phi) is 3.28. The van der Waals surface area contributed by atoms with Gasteiger partial charge in [-0.25, -0.2) is 0 Å². The number of amides is 2. The van der Waals surface area contributed by atoms with Crippen molar-refractivity contribution in [2.45, 2.75) is 32.7 Å². The van der Waals surface area contributed by atoms with Crippen LogP contribution in [0.4, 0.5) is 0 Å². The van der Waals surface area contributed by atoms with Crippen LogP contribution in [0.2, 0.25) is 0 Å². The van der Waals surface area contributed by atoms with Crippen LogP contribution in [-0.4, -0.2) is 47.4 Å². The van der Waals surface area contributed by atoms with Gasteiger partial charge in [-0.15, -0.1) is 0 Å². The fourth-order valence-corrected chi connectivity index (χ4v) is 2.59. The highest BCUT2D eigenvalue weighted by atomic mass is 16.4. The molecule has 2 fully saturated rings. The zero-order valence-electron chi connectivity index (χ0n) is 11.5. The van der Waals surface area contributed by atoms with Crippen molar-refractivity contribution >= 4 is 17.8 Å². The molecule has 0 bridgehead atoms. The molecule has 2 amide bonds. The van der Waals surface area contributed by atoms with Gasteiger partial charge in [0.25, 0.3) is 0 Å². The summed E-state index contributed by atoms with van der Waals surface area (Å²) >= 11 is 0. The lowest BCUT2D eigenvalue weighted by atomic mass is 10.1. The largest absolute Gasteiger partial charge is 0.481 e. The lowest BCUT2D eigenvalue weighted by Gasteiger charge is -2.17. The highest BCUT2D eigenvalue weighted by molar-refractivity contribution is 5.93. The number of rotatable bonds is 5. The smallest absolute Gasteiger partial charge is 0.307 e. The third kappa shape index (κ3) is 2.72. The molecule has 2 aliphatic carbocycles. The van der Waals surface area contributed by atoms with Crippen molar-refractivity contribution < 1.29 is 19.5 Å². The normalized spacial score (nSPS) is 27.5. The van der Waals surface area contributed by atoms with Gasteiger partial charge in [-0.05, 0) is 18.3 Å². The lowest BCUT2D eigenvalue weighted by molar-refractivity contribution is -0.142. The predicted octanol–water partition coefficient (Wildman–Crippen LogP) is 0.0802. The van der Waals surface area contributed by atoms with E-state index in [0.29, 0.717) is 0 Å². The van der Waals surface area contributed by atoms with Crippen LogP contribution in [0.5, 0.6) is 0 Å². The van der Waals surface area contributed by atoms with Crippen molar-refractivity contribution in [2.24, 2.45) is 17.3 Å². The first kappa shape index (κ1) is 13.8. The van der Waals surface area contributed by atoms with Crippen LogP contribution in [0, 0.1) is 17.3 Å². The fraction of sp³-hybridized carbons (Fsp3) is 0.769. The van der Waals surface area contributed by atoms with Gasteiger partial charge in [-0.3, -0.25) is 14.4 Å². The number of carbonyl (C=O) groups excluding carboxylic acids is 2. The summed E-state index contributed by atoms with van der Waals surface area (Å²) in [7, 11) is 1.54. The highest BCUT2D eigenvalue weighted by Crippen LogP contribution is 2.58. The van der Waals surface area contributed by atoms with Crippen LogP contribution in [0.15, 0.2) is 0 Å². The molecule has 19 heavy (non-hydrogen) atoms. The second kappa shape index (κ2) is 4.51. The monoisotopic (exact) mass is 268 g/mol. The minimum atomic E-state index is -0.945. The van der Waals surface area contributed by atoms with Crippen LogP contribution >= 0.6 is 0 Å². The van der Waals surface area contributed by atoms with E-state index in [4.69, 9.17) is 5.11 Å². The Bertz CT molecular complexity index is 428. The van der Waals surface area contributed by atoms with E-state index in [9.17, 15) is 14.4 Å². The maximum Gasteiger partial charge on any atom is 0.307 e. The molecule has 2 aliphatic rings. The van der Waals surface area contributed by atoms with Crippen molar-refractivity contribution in [2.75, 3.05) is 13.6 Å². The van der Waals surface area contributed by atoms with Crippen molar-refractivity contribution in [3.63, 3.8) is 0 Å². The van der Waals surface area contributed by atoms with E-state index in [1.807, 2.05) is 0 Å². The number of carboxylic acid groups (broad SMARTS) is 1. The maximum absolute atomic E-state index is 12.2. The van der Waals surface area contributed by atoms with Gasteiger partial charge in [0, 0.05) is 13.1 Å². The van der Waals surface area contributed by atoms with E-state index in [1.165, 1.54) is 4.90 Å². The summed E-state index contributed by atoms with van der Waals surface area (Å²) in [5, 5.41) is 11.9. The van der Waals surface area contributed by atoms with E-state index in [1.54, 1.807) is 20.9 Å². The van der Waals surface area contributed by atoms with Gasteiger partial charge >= 0.3 is 5.97 Å². The second-order valence-corrected chi connectivity index (χ2v) is 6.15. The third-order valence-electron chi connectivity index (χ3n) is 4.06. The Hall–Kier alpha value is -1.59.